The lowest BCUT2D eigenvalue weighted by molar-refractivity contribution is -0.385. The van der Waals surface area contributed by atoms with Gasteiger partial charge in [-0.05, 0) is 26.0 Å². The maximum Gasteiger partial charge on any atom is 0.397 e. The van der Waals surface area contributed by atoms with E-state index in [1.807, 2.05) is 0 Å². The Morgan fingerprint density at radius 1 is 1.30 bits per heavy atom. The second-order valence-corrected chi connectivity index (χ2v) is 6.53. The van der Waals surface area contributed by atoms with Crippen molar-refractivity contribution in [3.8, 4) is 0 Å². The predicted molar refractivity (Wildman–Crippen MR) is 82.6 cm³/mol. The minimum absolute atomic E-state index is 0.0471. The first-order chi connectivity index (χ1) is 10.5. The number of fused-ring (bicyclic) bond motifs is 1. The number of nitro groups is 1. The number of nitrogens with zero attached hydrogens (tertiary/aromatic N) is 1. The number of nitro benzene ring substituents is 1. The van der Waals surface area contributed by atoms with E-state index in [-0.39, 0.29) is 11.4 Å². The maximum absolute atomic E-state index is 12.2. The molecule has 0 radical (unpaired) electrons. The molecule has 1 heterocycles. The van der Waals surface area contributed by atoms with Crippen LogP contribution in [0, 0.1) is 17.0 Å². The lowest BCUT2D eigenvalue weighted by Gasteiger charge is -2.21. The normalized spacial score (nSPS) is 14.9. The zero-order valence-electron chi connectivity index (χ0n) is 12.4. The molecule has 0 aliphatic heterocycles. The molecule has 5 nitrogen and oxygen atoms in total. The summed E-state index contributed by atoms with van der Waals surface area (Å²) in [6.07, 6.45) is -4.29. The van der Waals surface area contributed by atoms with Gasteiger partial charge in [-0.1, -0.05) is 0 Å². The Morgan fingerprint density at radius 2 is 1.96 bits per heavy atom. The van der Waals surface area contributed by atoms with Gasteiger partial charge in [0.05, 0.1) is 10.7 Å². The van der Waals surface area contributed by atoms with Crippen LogP contribution < -0.4 is 0 Å². The number of nitrogens with one attached hydrogen (secondary N) is 1. The van der Waals surface area contributed by atoms with Gasteiger partial charge in [-0.2, -0.15) is 13.2 Å². The Morgan fingerprint density at radius 3 is 2.52 bits per heavy atom. The third kappa shape index (κ3) is 4.17. The maximum atomic E-state index is 12.2. The van der Waals surface area contributed by atoms with E-state index in [1.165, 1.54) is 19.1 Å². The molecule has 0 fully saturated rings. The largest absolute Gasteiger partial charge is 0.397 e. The number of H-pyrrole nitrogens is 1. The van der Waals surface area contributed by atoms with E-state index in [1.54, 1.807) is 13.0 Å². The molecule has 0 aliphatic rings. The highest BCUT2D eigenvalue weighted by Crippen LogP contribution is 2.32. The molecule has 0 aliphatic carbocycles. The fraction of sp³-hybridized carbons (Fsp3) is 0.429. The zero-order valence-corrected chi connectivity index (χ0v) is 13.2. The van der Waals surface area contributed by atoms with Crippen LogP contribution in [0.1, 0.15) is 18.2 Å². The smallest absolute Gasteiger partial charge is 0.383 e. The minimum atomic E-state index is -4.29. The van der Waals surface area contributed by atoms with Crippen LogP contribution in [0.4, 0.5) is 18.9 Å². The number of thioether (sulfide) groups is 1. The van der Waals surface area contributed by atoms with Crippen LogP contribution in [0.3, 0.4) is 0 Å². The number of hydrogen-bond donors (Lipinski definition) is 2. The first-order valence-corrected chi connectivity index (χ1v) is 7.80. The van der Waals surface area contributed by atoms with Crippen molar-refractivity contribution in [1.82, 2.24) is 4.98 Å². The van der Waals surface area contributed by atoms with Gasteiger partial charge >= 0.3 is 6.18 Å². The van der Waals surface area contributed by atoms with Crippen molar-refractivity contribution in [2.45, 2.75) is 25.6 Å². The van der Waals surface area contributed by atoms with Gasteiger partial charge in [0.15, 0.2) is 0 Å². The molecule has 1 atom stereocenters. The first-order valence-electron chi connectivity index (χ1n) is 6.65. The van der Waals surface area contributed by atoms with Crippen molar-refractivity contribution >= 4 is 28.4 Å². The summed E-state index contributed by atoms with van der Waals surface area (Å²) in [5.41, 5.74) is -0.181. The van der Waals surface area contributed by atoms with Crippen LogP contribution in [0.5, 0.6) is 0 Å². The number of benzene rings is 1. The quantitative estimate of drug-likeness (QED) is 0.635. The summed E-state index contributed by atoms with van der Waals surface area (Å²) in [7, 11) is 0. The van der Waals surface area contributed by atoms with Gasteiger partial charge in [0.2, 0.25) is 0 Å². The van der Waals surface area contributed by atoms with Crippen molar-refractivity contribution < 1.29 is 23.2 Å². The van der Waals surface area contributed by atoms with E-state index in [9.17, 15) is 28.4 Å². The average molecular weight is 348 g/mol. The van der Waals surface area contributed by atoms with Gasteiger partial charge < -0.3 is 10.1 Å². The van der Waals surface area contributed by atoms with E-state index in [0.717, 1.165) is 0 Å². The van der Waals surface area contributed by atoms with Crippen LogP contribution in [0.25, 0.3) is 10.9 Å². The number of aliphatic hydroxyl groups is 1. The van der Waals surface area contributed by atoms with Gasteiger partial charge in [0, 0.05) is 34.0 Å². The van der Waals surface area contributed by atoms with Crippen LogP contribution in [0.2, 0.25) is 0 Å². The molecule has 0 amide bonds. The zero-order chi connectivity index (χ0) is 17.4. The summed E-state index contributed by atoms with van der Waals surface area (Å²) in [6.45, 7) is 3.00. The number of rotatable bonds is 5. The molecule has 2 rings (SSSR count). The lowest BCUT2D eigenvalue weighted by atomic mass is 10.1. The summed E-state index contributed by atoms with van der Waals surface area (Å²) < 4.78 is 36.6. The monoisotopic (exact) mass is 348 g/mol. The minimum Gasteiger partial charge on any atom is -0.383 e. The molecular weight excluding hydrogens is 333 g/mol. The fourth-order valence-electron chi connectivity index (χ4n) is 2.21. The molecule has 0 spiro atoms. The Kier molecular flexibility index (Phi) is 4.63. The number of alkyl halides is 3. The van der Waals surface area contributed by atoms with Crippen LogP contribution in [0.15, 0.2) is 18.2 Å². The SMILES string of the molecule is Cc1cc2[nH]c(C(C)(O)CSCC(F)(F)F)cc2cc1[N+](=O)[O-]. The predicted octanol–water partition coefficient (Wildman–Crippen LogP) is 3.89. The van der Waals surface area contributed by atoms with Crippen molar-refractivity contribution in [3.63, 3.8) is 0 Å². The van der Waals surface area contributed by atoms with Crippen LogP contribution >= 0.6 is 11.8 Å². The van der Waals surface area contributed by atoms with Crippen molar-refractivity contribution in [1.29, 1.82) is 0 Å². The third-order valence-corrected chi connectivity index (χ3v) is 4.66. The molecule has 23 heavy (non-hydrogen) atoms. The molecule has 2 N–H and O–H groups in total. The molecule has 0 saturated heterocycles. The molecule has 1 unspecified atom stereocenters. The number of aryl methyl sites for hydroxylation is 1. The number of halogens is 3. The Hall–Kier alpha value is -1.74. The van der Waals surface area contributed by atoms with Crippen LogP contribution in [-0.4, -0.2) is 32.7 Å². The molecular formula is C14H15F3N2O3S. The van der Waals surface area contributed by atoms with E-state index in [0.29, 0.717) is 33.9 Å². The average Bonchev–Trinajstić information content (AvgIpc) is 2.79. The second-order valence-electron chi connectivity index (χ2n) is 5.55. The van der Waals surface area contributed by atoms with Crippen LogP contribution in [-0.2, 0) is 5.60 Å². The van der Waals surface area contributed by atoms with E-state index >= 15 is 0 Å². The number of aromatic amines is 1. The molecule has 0 bridgehead atoms. The topological polar surface area (TPSA) is 79.2 Å². The molecule has 126 valence electrons. The van der Waals surface area contributed by atoms with Gasteiger partial charge in [-0.3, -0.25) is 10.1 Å². The fourth-order valence-corrected chi connectivity index (χ4v) is 3.09. The molecule has 1 aromatic heterocycles. The van der Waals surface area contributed by atoms with Gasteiger partial charge in [0.25, 0.3) is 5.69 Å². The number of hydrogen-bond acceptors (Lipinski definition) is 4. The Bertz CT molecular complexity index is 741. The van der Waals surface area contributed by atoms with Gasteiger partial charge in [-0.25, -0.2) is 0 Å². The highest BCUT2D eigenvalue weighted by Gasteiger charge is 2.31. The third-order valence-electron chi connectivity index (χ3n) is 3.36. The summed E-state index contributed by atoms with van der Waals surface area (Å²) in [5.74, 6) is -1.20. The highest BCUT2D eigenvalue weighted by molar-refractivity contribution is 7.99. The Labute approximate surface area is 134 Å². The van der Waals surface area contributed by atoms with Crippen molar-refractivity contribution in [2.24, 2.45) is 0 Å². The highest BCUT2D eigenvalue weighted by atomic mass is 32.2. The summed E-state index contributed by atoms with van der Waals surface area (Å²) in [5, 5.41) is 21.8. The number of aromatic nitrogens is 1. The van der Waals surface area contributed by atoms with Crippen molar-refractivity contribution in [2.75, 3.05) is 11.5 Å². The standard InChI is InChI=1S/C14H15F3N2O3S/c1-8-3-10-9(4-11(8)19(21)22)5-12(18-10)13(2,20)6-23-7-14(15,16)17/h3-5,18,20H,6-7H2,1-2H3. The van der Waals surface area contributed by atoms with E-state index < -0.39 is 22.5 Å². The molecule has 2 aromatic rings. The van der Waals surface area contributed by atoms with Crippen molar-refractivity contribution in [3.05, 3.63) is 39.6 Å². The Balaban J connectivity index is 2.27. The molecule has 1 aromatic carbocycles. The van der Waals surface area contributed by atoms with E-state index in [2.05, 4.69) is 4.98 Å². The summed E-state index contributed by atoms with van der Waals surface area (Å²) in [4.78, 5) is 13.4. The molecule has 9 heteroatoms. The van der Waals surface area contributed by atoms with Gasteiger partial charge in [0.1, 0.15) is 5.60 Å². The molecule has 0 saturated carbocycles. The summed E-state index contributed by atoms with van der Waals surface area (Å²) >= 11 is 0.580. The first kappa shape index (κ1) is 17.6. The lowest BCUT2D eigenvalue weighted by Crippen LogP contribution is -2.26. The second kappa shape index (κ2) is 6.04. The van der Waals surface area contributed by atoms with E-state index in [4.69, 9.17) is 0 Å². The van der Waals surface area contributed by atoms with Gasteiger partial charge in [-0.15, -0.1) is 11.8 Å². The summed E-state index contributed by atoms with van der Waals surface area (Å²) in [6, 6.07) is 4.48.